The molecule has 0 radical (unpaired) electrons. The van der Waals surface area contributed by atoms with Crippen molar-refractivity contribution in [2.75, 3.05) is 5.32 Å². The van der Waals surface area contributed by atoms with Gasteiger partial charge < -0.3 is 5.32 Å². The van der Waals surface area contributed by atoms with Crippen LogP contribution < -0.4 is 5.32 Å². The van der Waals surface area contributed by atoms with E-state index in [1.165, 1.54) is 18.2 Å². The minimum Gasteiger partial charge on any atom is -0.348 e. The van der Waals surface area contributed by atoms with Crippen LogP contribution in [0.2, 0.25) is 0 Å². The molecule has 7 heteroatoms. The average molecular weight is 453 g/mol. The Hall–Kier alpha value is -3.08. The number of halogens is 1. The Kier molecular flexibility index (Phi) is 7.16. The van der Waals surface area contributed by atoms with Crippen molar-refractivity contribution in [3.63, 3.8) is 0 Å². The lowest BCUT2D eigenvalue weighted by molar-refractivity contribution is 0.603. The highest BCUT2D eigenvalue weighted by Gasteiger charge is 2.26. The second-order valence-corrected chi connectivity index (χ2v) is 9.71. The van der Waals surface area contributed by atoms with Crippen LogP contribution in [-0.2, 0) is 15.6 Å². The fourth-order valence-electron chi connectivity index (χ4n) is 2.88. The molecule has 0 amide bonds. The van der Waals surface area contributed by atoms with E-state index in [2.05, 4.69) is 5.32 Å². The second-order valence-electron chi connectivity index (χ2n) is 6.84. The fraction of sp³-hybridized carbons (Fsp3) is 0.125. The summed E-state index contributed by atoms with van der Waals surface area (Å²) >= 11 is 1.08. The van der Waals surface area contributed by atoms with E-state index in [1.807, 2.05) is 38.1 Å². The van der Waals surface area contributed by atoms with Crippen LogP contribution >= 0.6 is 11.8 Å². The molecule has 0 heterocycles. The Bertz CT molecular complexity index is 1260. The molecule has 0 saturated heterocycles. The van der Waals surface area contributed by atoms with E-state index in [1.54, 1.807) is 36.4 Å². The van der Waals surface area contributed by atoms with Crippen molar-refractivity contribution in [3.05, 3.63) is 105 Å². The van der Waals surface area contributed by atoms with Crippen LogP contribution in [0.15, 0.2) is 87.6 Å². The van der Waals surface area contributed by atoms with Gasteiger partial charge in [0.1, 0.15) is 16.9 Å². The van der Waals surface area contributed by atoms with E-state index < -0.39 is 14.7 Å². The number of rotatable bonds is 7. The summed E-state index contributed by atoms with van der Waals surface area (Å²) in [7, 11) is -4.07. The van der Waals surface area contributed by atoms with E-state index in [0.717, 1.165) is 22.9 Å². The van der Waals surface area contributed by atoms with E-state index in [9.17, 15) is 18.1 Å². The van der Waals surface area contributed by atoms with E-state index in [-0.39, 0.29) is 21.5 Å². The molecule has 0 saturated carbocycles. The number of thioether (sulfide) groups is 1. The topological polar surface area (TPSA) is 70.0 Å². The highest BCUT2D eigenvalue weighted by Crippen LogP contribution is 2.33. The number of allylic oxidation sites excluding steroid dienone is 1. The molecule has 0 aliphatic heterocycles. The van der Waals surface area contributed by atoms with Crippen molar-refractivity contribution in [1.82, 2.24) is 0 Å². The predicted octanol–water partition coefficient (Wildman–Crippen LogP) is 5.95. The van der Waals surface area contributed by atoms with Gasteiger partial charge in [-0.2, -0.15) is 5.26 Å². The van der Waals surface area contributed by atoms with Gasteiger partial charge in [-0.1, -0.05) is 48.5 Å². The molecule has 1 N–H and O–H groups in total. The molecule has 0 aliphatic carbocycles. The molecule has 31 heavy (non-hydrogen) atoms. The van der Waals surface area contributed by atoms with Crippen molar-refractivity contribution in [3.8, 4) is 6.07 Å². The molecule has 0 spiro atoms. The Morgan fingerprint density at radius 2 is 1.68 bits per heavy atom. The normalized spacial score (nSPS) is 12.1. The van der Waals surface area contributed by atoms with Gasteiger partial charge in [0.2, 0.25) is 9.84 Å². The van der Waals surface area contributed by atoms with Gasteiger partial charge in [0, 0.05) is 11.4 Å². The van der Waals surface area contributed by atoms with Crippen molar-refractivity contribution >= 4 is 27.3 Å². The molecule has 3 aromatic carbocycles. The van der Waals surface area contributed by atoms with Crippen LogP contribution in [-0.4, -0.2) is 8.42 Å². The number of aryl methyl sites for hydroxylation is 1. The summed E-state index contributed by atoms with van der Waals surface area (Å²) in [4.78, 5) is -0.376. The van der Waals surface area contributed by atoms with Gasteiger partial charge >= 0.3 is 0 Å². The van der Waals surface area contributed by atoms with E-state index in [0.29, 0.717) is 11.3 Å². The van der Waals surface area contributed by atoms with Crippen molar-refractivity contribution in [2.24, 2.45) is 0 Å². The number of nitrogens with one attached hydrogen (secondary N) is 1. The number of nitrogens with zero attached hydrogens (tertiary/aromatic N) is 1. The first-order valence-electron chi connectivity index (χ1n) is 9.48. The maximum Gasteiger partial charge on any atom is 0.219 e. The van der Waals surface area contributed by atoms with Crippen LogP contribution in [0.1, 0.15) is 16.7 Å². The Labute approximate surface area is 186 Å². The minimum absolute atomic E-state index is 0.0262. The molecule has 158 valence electrons. The molecule has 0 aromatic heterocycles. The van der Waals surface area contributed by atoms with Gasteiger partial charge in [0.25, 0.3) is 0 Å². The van der Waals surface area contributed by atoms with Crippen molar-refractivity contribution < 1.29 is 12.8 Å². The molecule has 3 rings (SSSR count). The molecular weight excluding hydrogens is 431 g/mol. The number of sulfone groups is 1. The lowest BCUT2D eigenvalue weighted by Gasteiger charge is -2.16. The average Bonchev–Trinajstić information content (AvgIpc) is 2.77. The van der Waals surface area contributed by atoms with Crippen LogP contribution in [0, 0.1) is 31.0 Å². The highest BCUT2D eigenvalue weighted by molar-refractivity contribution is 8.04. The first kappa shape index (κ1) is 22.6. The second kappa shape index (κ2) is 9.82. The zero-order valence-electron chi connectivity index (χ0n) is 17.1. The standard InChI is InChI=1S/C24H21FN2O2S2/c1-17-9-8-14-22(18(17)2)27-24(30-16-19-10-6-7-13-21(19)25)23(15-26)31(28,29)20-11-4-3-5-12-20/h3-14,27H,16H2,1-2H3/b24-23+. The molecule has 0 fully saturated rings. The van der Waals surface area contributed by atoms with Crippen LogP contribution in [0.5, 0.6) is 0 Å². The van der Waals surface area contributed by atoms with Gasteiger partial charge in [0.15, 0.2) is 4.91 Å². The predicted molar refractivity (Wildman–Crippen MR) is 124 cm³/mol. The summed E-state index contributed by atoms with van der Waals surface area (Å²) in [6, 6.07) is 21.6. The van der Waals surface area contributed by atoms with Crippen LogP contribution in [0.3, 0.4) is 0 Å². The fourth-order valence-corrected chi connectivity index (χ4v) is 5.45. The summed E-state index contributed by atoms with van der Waals surface area (Å²) < 4.78 is 40.6. The first-order valence-corrected chi connectivity index (χ1v) is 12.0. The number of hydrogen-bond acceptors (Lipinski definition) is 5. The monoisotopic (exact) mass is 452 g/mol. The molecule has 0 bridgehead atoms. The number of hydrogen-bond donors (Lipinski definition) is 1. The minimum atomic E-state index is -4.07. The van der Waals surface area contributed by atoms with Gasteiger partial charge in [-0.3, -0.25) is 0 Å². The molecule has 3 aromatic rings. The van der Waals surface area contributed by atoms with E-state index >= 15 is 0 Å². The quantitative estimate of drug-likeness (QED) is 0.448. The summed E-state index contributed by atoms with van der Waals surface area (Å²) in [6.45, 7) is 3.86. The van der Waals surface area contributed by atoms with Crippen LogP contribution in [0.4, 0.5) is 10.1 Å². The Morgan fingerprint density at radius 3 is 2.35 bits per heavy atom. The Balaban J connectivity index is 2.09. The van der Waals surface area contributed by atoms with Gasteiger partial charge in [-0.05, 0) is 54.8 Å². The summed E-state index contributed by atoms with van der Waals surface area (Å²) in [6.07, 6.45) is 0. The highest BCUT2D eigenvalue weighted by atomic mass is 32.2. The lowest BCUT2D eigenvalue weighted by atomic mass is 10.1. The molecule has 0 atom stereocenters. The molecule has 4 nitrogen and oxygen atoms in total. The maximum atomic E-state index is 14.1. The summed E-state index contributed by atoms with van der Waals surface area (Å²) in [5, 5.41) is 13.1. The van der Waals surface area contributed by atoms with Crippen LogP contribution in [0.25, 0.3) is 0 Å². The SMILES string of the molecule is Cc1cccc(N/C(SCc2ccccc2F)=C(/C#N)S(=O)(=O)c2ccccc2)c1C. The molecular formula is C24H21FN2O2S2. The first-order chi connectivity index (χ1) is 14.8. The van der Waals surface area contributed by atoms with Crippen molar-refractivity contribution in [1.29, 1.82) is 5.26 Å². The van der Waals surface area contributed by atoms with Crippen molar-refractivity contribution in [2.45, 2.75) is 24.5 Å². The third kappa shape index (κ3) is 5.16. The van der Waals surface area contributed by atoms with Gasteiger partial charge in [0.05, 0.1) is 4.90 Å². The smallest absolute Gasteiger partial charge is 0.219 e. The number of nitriles is 1. The maximum absolute atomic E-state index is 14.1. The van der Waals surface area contributed by atoms with Gasteiger partial charge in [-0.25, -0.2) is 12.8 Å². The molecule has 0 aliphatic rings. The molecule has 0 unspecified atom stereocenters. The number of anilines is 1. The lowest BCUT2D eigenvalue weighted by Crippen LogP contribution is -2.11. The third-order valence-electron chi connectivity index (χ3n) is 4.81. The number of benzene rings is 3. The Morgan fingerprint density at radius 1 is 1.00 bits per heavy atom. The zero-order chi connectivity index (χ0) is 22.4. The van der Waals surface area contributed by atoms with Gasteiger partial charge in [-0.15, -0.1) is 11.8 Å². The largest absolute Gasteiger partial charge is 0.348 e. The summed E-state index contributed by atoms with van der Waals surface area (Å²) in [5.41, 5.74) is 3.06. The summed E-state index contributed by atoms with van der Waals surface area (Å²) in [5.74, 6) is -0.222. The third-order valence-corrected chi connectivity index (χ3v) is 7.72. The van der Waals surface area contributed by atoms with E-state index in [4.69, 9.17) is 0 Å². The zero-order valence-corrected chi connectivity index (χ0v) is 18.7.